The topological polar surface area (TPSA) is 70.0 Å². The Morgan fingerprint density at radius 1 is 1.03 bits per heavy atom. The summed E-state index contributed by atoms with van der Waals surface area (Å²) >= 11 is 1.43. The number of carbonyl (C=O) groups excluding carboxylic acids is 1. The summed E-state index contributed by atoms with van der Waals surface area (Å²) in [5, 5.41) is 19.1. The van der Waals surface area contributed by atoms with Crippen molar-refractivity contribution in [2.45, 2.75) is 26.2 Å². The molecule has 2 heterocycles. The molecule has 0 bridgehead atoms. The summed E-state index contributed by atoms with van der Waals surface area (Å²) in [6, 6.07) is 14.1. The fourth-order valence-electron chi connectivity index (χ4n) is 4.35. The quantitative estimate of drug-likeness (QED) is 0.256. The summed E-state index contributed by atoms with van der Waals surface area (Å²) in [5.74, 6) is 0.813. The molecule has 4 rings (SSSR count). The molecule has 0 spiro atoms. The van der Waals surface area contributed by atoms with Gasteiger partial charge >= 0.3 is 0 Å². The second-order valence-electron chi connectivity index (χ2n) is 8.55. The molecule has 6 heteroatoms. The van der Waals surface area contributed by atoms with Gasteiger partial charge in [-0.25, -0.2) is 0 Å². The van der Waals surface area contributed by atoms with E-state index in [2.05, 4.69) is 4.90 Å². The van der Waals surface area contributed by atoms with Crippen LogP contribution in [0.2, 0.25) is 0 Å². The van der Waals surface area contributed by atoms with Crippen LogP contribution in [0.25, 0.3) is 22.6 Å². The number of thiophene rings is 1. The molecule has 2 aromatic carbocycles. The van der Waals surface area contributed by atoms with E-state index in [1.54, 1.807) is 42.5 Å². The third kappa shape index (κ3) is 6.02. The van der Waals surface area contributed by atoms with Crippen LogP contribution in [0.1, 0.15) is 52.5 Å². The number of piperidine rings is 1. The minimum absolute atomic E-state index is 0.102. The molecule has 5 nitrogen and oxygen atoms in total. The monoisotopic (exact) mass is 489 g/mol. The van der Waals surface area contributed by atoms with Crippen molar-refractivity contribution in [2.24, 2.45) is 0 Å². The highest BCUT2D eigenvalue weighted by Crippen LogP contribution is 2.40. The first-order chi connectivity index (χ1) is 17.1. The highest BCUT2D eigenvalue weighted by molar-refractivity contribution is 7.17. The number of allylic oxidation sites excluding steroid dienone is 1. The van der Waals surface area contributed by atoms with Gasteiger partial charge in [0, 0.05) is 33.0 Å². The van der Waals surface area contributed by atoms with Crippen LogP contribution in [0.5, 0.6) is 11.5 Å². The zero-order valence-electron chi connectivity index (χ0n) is 19.9. The fraction of sp³-hybridized carbons (Fsp3) is 0.276. The van der Waals surface area contributed by atoms with E-state index in [1.807, 2.05) is 31.2 Å². The Labute approximate surface area is 210 Å². The lowest BCUT2D eigenvalue weighted by molar-refractivity contribution is 0.103. The Balaban J connectivity index is 1.59. The standard InChI is InChI=1S/C29H31NO4S/c1-2-6-25-26(15-19-31)35-29(22-7-11-23(32)12-8-22)27(25)28(33)21-9-13-24(14-10-21)34-20-18-30-16-4-3-5-17-30/h2,6-15,19,31-32H,3-5,16-18,20H2,1H3/b6-2-,19-15+. The van der Waals surface area contributed by atoms with Crippen molar-refractivity contribution < 1.29 is 19.7 Å². The van der Waals surface area contributed by atoms with Gasteiger partial charge in [0.05, 0.1) is 6.26 Å². The van der Waals surface area contributed by atoms with Crippen LogP contribution < -0.4 is 4.74 Å². The van der Waals surface area contributed by atoms with Crippen molar-refractivity contribution in [3.63, 3.8) is 0 Å². The van der Waals surface area contributed by atoms with E-state index in [0.29, 0.717) is 17.7 Å². The first-order valence-electron chi connectivity index (χ1n) is 12.0. The van der Waals surface area contributed by atoms with E-state index >= 15 is 0 Å². The summed E-state index contributed by atoms with van der Waals surface area (Å²) in [6.07, 6.45) is 10.2. The molecule has 2 N–H and O–H groups in total. The van der Waals surface area contributed by atoms with Gasteiger partial charge in [-0.15, -0.1) is 11.3 Å². The fourth-order valence-corrected chi connectivity index (χ4v) is 5.54. The van der Waals surface area contributed by atoms with Gasteiger partial charge in [-0.05, 0) is 93.0 Å². The first-order valence-corrected chi connectivity index (χ1v) is 12.8. The van der Waals surface area contributed by atoms with Gasteiger partial charge in [0.15, 0.2) is 5.78 Å². The number of ether oxygens (including phenoxy) is 1. The normalized spacial score (nSPS) is 14.7. The number of rotatable bonds is 9. The third-order valence-corrected chi connectivity index (χ3v) is 7.35. The van der Waals surface area contributed by atoms with Crippen LogP contribution >= 0.6 is 11.3 Å². The highest BCUT2D eigenvalue weighted by Gasteiger charge is 2.23. The number of likely N-dealkylation sites (tertiary alicyclic amines) is 1. The Bertz CT molecular complexity index is 1190. The molecule has 1 aromatic heterocycles. The molecular weight excluding hydrogens is 458 g/mol. The van der Waals surface area contributed by atoms with Crippen LogP contribution in [-0.4, -0.2) is 47.1 Å². The molecule has 0 atom stereocenters. The lowest BCUT2D eigenvalue weighted by Crippen LogP contribution is -2.33. The van der Waals surface area contributed by atoms with E-state index < -0.39 is 0 Å². The largest absolute Gasteiger partial charge is 0.516 e. The first kappa shape index (κ1) is 24.8. The van der Waals surface area contributed by atoms with Crippen molar-refractivity contribution in [3.05, 3.63) is 82.4 Å². The number of hydrogen-bond donors (Lipinski definition) is 2. The maximum Gasteiger partial charge on any atom is 0.195 e. The minimum Gasteiger partial charge on any atom is -0.516 e. The van der Waals surface area contributed by atoms with E-state index in [1.165, 1.54) is 30.6 Å². The van der Waals surface area contributed by atoms with Gasteiger partial charge < -0.3 is 14.9 Å². The van der Waals surface area contributed by atoms with Crippen molar-refractivity contribution >= 4 is 29.3 Å². The molecule has 182 valence electrons. The minimum atomic E-state index is -0.102. The Kier molecular flexibility index (Phi) is 8.40. The molecule has 0 amide bonds. The summed E-state index contributed by atoms with van der Waals surface area (Å²) in [5.41, 5.74) is 2.73. The maximum atomic E-state index is 13.7. The van der Waals surface area contributed by atoms with Crippen molar-refractivity contribution in [3.8, 4) is 21.9 Å². The van der Waals surface area contributed by atoms with Gasteiger partial charge in [0.2, 0.25) is 0 Å². The molecule has 0 unspecified atom stereocenters. The van der Waals surface area contributed by atoms with E-state index in [0.717, 1.165) is 52.5 Å². The number of aliphatic hydroxyl groups excluding tert-OH is 1. The second-order valence-corrected chi connectivity index (χ2v) is 9.60. The molecule has 0 saturated carbocycles. The van der Waals surface area contributed by atoms with Crippen molar-refractivity contribution in [1.82, 2.24) is 4.90 Å². The number of aromatic hydroxyl groups is 1. The third-order valence-electron chi connectivity index (χ3n) is 6.13. The van der Waals surface area contributed by atoms with Crippen LogP contribution in [0.15, 0.2) is 60.9 Å². The summed E-state index contributed by atoms with van der Waals surface area (Å²) in [6.45, 7) is 5.73. The van der Waals surface area contributed by atoms with Crippen LogP contribution in [0.3, 0.4) is 0 Å². The number of aliphatic hydroxyl groups is 1. The summed E-state index contributed by atoms with van der Waals surface area (Å²) in [4.78, 5) is 17.8. The lowest BCUT2D eigenvalue weighted by atomic mass is 9.95. The molecule has 0 radical (unpaired) electrons. The predicted octanol–water partition coefficient (Wildman–Crippen LogP) is 6.78. The smallest absolute Gasteiger partial charge is 0.195 e. The van der Waals surface area contributed by atoms with Gasteiger partial charge in [-0.3, -0.25) is 9.69 Å². The number of hydrogen-bond acceptors (Lipinski definition) is 6. The Hall–Kier alpha value is -3.35. The molecular formula is C29H31NO4S. The summed E-state index contributed by atoms with van der Waals surface area (Å²) in [7, 11) is 0. The number of nitrogens with zero attached hydrogens (tertiary/aromatic N) is 1. The van der Waals surface area contributed by atoms with Crippen molar-refractivity contribution in [1.29, 1.82) is 0 Å². The van der Waals surface area contributed by atoms with Gasteiger partial charge in [0.1, 0.15) is 18.1 Å². The average Bonchev–Trinajstić information content (AvgIpc) is 3.23. The molecule has 1 aliphatic heterocycles. The Morgan fingerprint density at radius 2 is 1.74 bits per heavy atom. The summed E-state index contributed by atoms with van der Waals surface area (Å²) < 4.78 is 5.93. The van der Waals surface area contributed by atoms with Crippen LogP contribution in [0, 0.1) is 0 Å². The molecule has 35 heavy (non-hydrogen) atoms. The zero-order chi connectivity index (χ0) is 24.6. The van der Waals surface area contributed by atoms with E-state index in [9.17, 15) is 15.0 Å². The second kappa shape index (κ2) is 11.9. The number of phenolic OH excluding ortho intramolecular Hbond substituents is 1. The highest BCUT2D eigenvalue weighted by atomic mass is 32.1. The lowest BCUT2D eigenvalue weighted by Gasteiger charge is -2.26. The van der Waals surface area contributed by atoms with Gasteiger partial charge in [-0.2, -0.15) is 0 Å². The molecule has 0 aliphatic carbocycles. The predicted molar refractivity (Wildman–Crippen MR) is 143 cm³/mol. The van der Waals surface area contributed by atoms with Gasteiger partial charge in [-0.1, -0.05) is 18.6 Å². The zero-order valence-corrected chi connectivity index (χ0v) is 20.8. The van der Waals surface area contributed by atoms with Gasteiger partial charge in [0.25, 0.3) is 0 Å². The molecule has 1 fully saturated rings. The van der Waals surface area contributed by atoms with E-state index in [4.69, 9.17) is 4.74 Å². The van der Waals surface area contributed by atoms with Crippen LogP contribution in [-0.2, 0) is 0 Å². The average molecular weight is 490 g/mol. The van der Waals surface area contributed by atoms with Crippen LogP contribution in [0.4, 0.5) is 0 Å². The molecule has 1 saturated heterocycles. The number of benzene rings is 2. The number of carbonyl (C=O) groups is 1. The number of ketones is 1. The van der Waals surface area contributed by atoms with Crippen molar-refractivity contribution in [2.75, 3.05) is 26.2 Å². The Morgan fingerprint density at radius 3 is 2.40 bits per heavy atom. The molecule has 3 aromatic rings. The van der Waals surface area contributed by atoms with E-state index in [-0.39, 0.29) is 11.5 Å². The SMILES string of the molecule is C/C=C\c1c(/C=C/O)sc(-c2ccc(O)cc2)c1C(=O)c1ccc(OCCN2CCCCC2)cc1. The number of phenols is 1. The maximum absolute atomic E-state index is 13.7. The molecule has 1 aliphatic rings.